The molecule has 0 spiro atoms. The zero-order chi connectivity index (χ0) is 11.2. The summed E-state index contributed by atoms with van der Waals surface area (Å²) in [6.45, 7) is 1.66. The summed E-state index contributed by atoms with van der Waals surface area (Å²) in [5, 5.41) is 11.1. The van der Waals surface area contributed by atoms with Gasteiger partial charge in [-0.25, -0.2) is 4.98 Å². The van der Waals surface area contributed by atoms with Gasteiger partial charge in [0.25, 0.3) is 0 Å². The van der Waals surface area contributed by atoms with Crippen molar-refractivity contribution < 1.29 is 4.74 Å². The Morgan fingerprint density at radius 3 is 3.25 bits per heavy atom. The highest BCUT2D eigenvalue weighted by Crippen LogP contribution is 2.09. The second kappa shape index (κ2) is 5.41. The van der Waals surface area contributed by atoms with E-state index in [1.165, 1.54) is 0 Å². The molecule has 2 aromatic heterocycles. The van der Waals surface area contributed by atoms with Gasteiger partial charge in [-0.15, -0.1) is 10.2 Å². The lowest BCUT2D eigenvalue weighted by atomic mass is 10.3. The van der Waals surface area contributed by atoms with Gasteiger partial charge < -0.3 is 10.1 Å². The van der Waals surface area contributed by atoms with Crippen LogP contribution in [0.3, 0.4) is 0 Å². The molecule has 6 heteroatoms. The van der Waals surface area contributed by atoms with E-state index < -0.39 is 0 Å². The van der Waals surface area contributed by atoms with E-state index in [0.29, 0.717) is 0 Å². The lowest BCUT2D eigenvalue weighted by Gasteiger charge is -2.05. The van der Waals surface area contributed by atoms with Crippen LogP contribution >= 0.6 is 0 Å². The van der Waals surface area contributed by atoms with Crippen molar-refractivity contribution in [3.63, 3.8) is 0 Å². The fourth-order valence-electron chi connectivity index (χ4n) is 1.46. The van der Waals surface area contributed by atoms with Crippen LogP contribution in [-0.2, 0) is 4.74 Å². The van der Waals surface area contributed by atoms with Crippen LogP contribution in [0, 0.1) is 0 Å². The minimum absolute atomic E-state index is 0.759. The Morgan fingerprint density at radius 2 is 2.38 bits per heavy atom. The quantitative estimate of drug-likeness (QED) is 0.736. The zero-order valence-corrected chi connectivity index (χ0v) is 9.26. The summed E-state index contributed by atoms with van der Waals surface area (Å²) in [6, 6.07) is 0. The Hall–Kier alpha value is -1.69. The highest BCUT2D eigenvalue weighted by Gasteiger charge is 2.02. The fraction of sp³-hybridized carbons (Fsp3) is 0.500. The number of unbranched alkanes of at least 4 members (excludes halogenated alkanes) is 1. The minimum atomic E-state index is 0.759. The van der Waals surface area contributed by atoms with Gasteiger partial charge in [-0.2, -0.15) is 0 Å². The molecule has 2 heterocycles. The van der Waals surface area contributed by atoms with Crippen LogP contribution in [0.1, 0.15) is 12.8 Å². The van der Waals surface area contributed by atoms with E-state index in [-0.39, 0.29) is 0 Å². The Kier molecular flexibility index (Phi) is 3.66. The Labute approximate surface area is 93.7 Å². The summed E-state index contributed by atoms with van der Waals surface area (Å²) >= 11 is 0. The van der Waals surface area contributed by atoms with E-state index in [4.69, 9.17) is 4.74 Å². The molecule has 2 aromatic rings. The summed E-state index contributed by atoms with van der Waals surface area (Å²) in [5.74, 6) is 0.775. The first-order chi connectivity index (χ1) is 7.92. The van der Waals surface area contributed by atoms with Crippen LogP contribution in [0.5, 0.6) is 0 Å². The predicted octanol–water partition coefficient (Wildman–Crippen LogP) is 0.963. The van der Waals surface area contributed by atoms with Gasteiger partial charge >= 0.3 is 0 Å². The highest BCUT2D eigenvalue weighted by molar-refractivity contribution is 5.61. The number of hydrogen-bond donors (Lipinski definition) is 1. The van der Waals surface area contributed by atoms with Crippen molar-refractivity contribution in [2.75, 3.05) is 25.6 Å². The maximum atomic E-state index is 4.98. The minimum Gasteiger partial charge on any atom is -0.385 e. The number of nitrogens with one attached hydrogen (secondary N) is 1. The molecule has 0 bridgehead atoms. The average Bonchev–Trinajstić information content (AvgIpc) is 2.77. The molecule has 0 fully saturated rings. The normalized spacial score (nSPS) is 10.8. The number of ether oxygens (including phenoxy) is 1. The first kappa shape index (κ1) is 10.8. The van der Waals surface area contributed by atoms with Crippen molar-refractivity contribution in [3.05, 3.63) is 18.7 Å². The van der Waals surface area contributed by atoms with Crippen LogP contribution in [-0.4, -0.2) is 39.8 Å². The van der Waals surface area contributed by atoms with Crippen molar-refractivity contribution in [2.45, 2.75) is 12.8 Å². The maximum absolute atomic E-state index is 4.98. The molecule has 0 unspecified atom stereocenters. The molecule has 0 radical (unpaired) electrons. The average molecular weight is 221 g/mol. The van der Waals surface area contributed by atoms with Crippen molar-refractivity contribution in [1.82, 2.24) is 19.6 Å². The van der Waals surface area contributed by atoms with Gasteiger partial charge in [0, 0.05) is 32.7 Å². The third kappa shape index (κ3) is 2.46. The van der Waals surface area contributed by atoms with Gasteiger partial charge in [0.1, 0.15) is 6.33 Å². The number of nitrogens with zero attached hydrogens (tertiary/aromatic N) is 4. The summed E-state index contributed by atoms with van der Waals surface area (Å²) in [4.78, 5) is 4.23. The van der Waals surface area contributed by atoms with Gasteiger partial charge in [0.05, 0.1) is 0 Å². The molecule has 86 valence electrons. The molecule has 0 aromatic carbocycles. The van der Waals surface area contributed by atoms with E-state index in [1.54, 1.807) is 19.6 Å². The molecule has 1 N–H and O–H groups in total. The molecule has 0 amide bonds. The van der Waals surface area contributed by atoms with Crippen LogP contribution in [0.25, 0.3) is 5.65 Å². The van der Waals surface area contributed by atoms with Crippen molar-refractivity contribution in [2.24, 2.45) is 0 Å². The van der Waals surface area contributed by atoms with Gasteiger partial charge in [0.15, 0.2) is 5.82 Å². The van der Waals surface area contributed by atoms with E-state index in [9.17, 15) is 0 Å². The molecule has 2 rings (SSSR count). The molecule has 0 saturated heterocycles. The van der Waals surface area contributed by atoms with E-state index in [2.05, 4.69) is 20.5 Å². The monoisotopic (exact) mass is 221 g/mol. The van der Waals surface area contributed by atoms with Crippen LogP contribution in [0.2, 0.25) is 0 Å². The molecule has 6 nitrogen and oxygen atoms in total. The standard InChI is InChI=1S/C10H15N5O/c1-16-7-3-2-4-11-9-10-14-13-8-15(10)6-5-12-9/h5-6,8H,2-4,7H2,1H3,(H,11,12). The fourth-order valence-corrected chi connectivity index (χ4v) is 1.46. The molecule has 0 saturated carbocycles. The number of fused-ring (bicyclic) bond motifs is 1. The van der Waals surface area contributed by atoms with E-state index in [1.807, 2.05) is 10.6 Å². The molecule has 0 aliphatic carbocycles. The summed E-state index contributed by atoms with van der Waals surface area (Å²) in [5.41, 5.74) is 0.759. The smallest absolute Gasteiger partial charge is 0.203 e. The van der Waals surface area contributed by atoms with Gasteiger partial charge in [-0.05, 0) is 12.8 Å². The maximum Gasteiger partial charge on any atom is 0.203 e. The van der Waals surface area contributed by atoms with Gasteiger partial charge in [0.2, 0.25) is 5.65 Å². The second-order valence-corrected chi connectivity index (χ2v) is 3.46. The molecular weight excluding hydrogens is 206 g/mol. The number of hydrogen-bond acceptors (Lipinski definition) is 5. The van der Waals surface area contributed by atoms with Crippen LogP contribution in [0.4, 0.5) is 5.82 Å². The lowest BCUT2D eigenvalue weighted by molar-refractivity contribution is 0.194. The highest BCUT2D eigenvalue weighted by atomic mass is 16.5. The molecule has 0 aliphatic heterocycles. The Bertz CT molecular complexity index is 441. The first-order valence-electron chi connectivity index (χ1n) is 5.29. The Morgan fingerprint density at radius 1 is 1.44 bits per heavy atom. The summed E-state index contributed by atoms with van der Waals surface area (Å²) in [7, 11) is 1.71. The number of anilines is 1. The van der Waals surface area contributed by atoms with Crippen LogP contribution in [0.15, 0.2) is 18.7 Å². The molecular formula is C10H15N5O. The second-order valence-electron chi connectivity index (χ2n) is 3.46. The summed E-state index contributed by atoms with van der Waals surface area (Å²) < 4.78 is 6.82. The molecule has 16 heavy (non-hydrogen) atoms. The van der Waals surface area contributed by atoms with Crippen molar-refractivity contribution in [3.8, 4) is 0 Å². The number of methoxy groups -OCH3 is 1. The van der Waals surface area contributed by atoms with Crippen molar-refractivity contribution >= 4 is 11.5 Å². The lowest BCUT2D eigenvalue weighted by Crippen LogP contribution is -2.06. The van der Waals surface area contributed by atoms with Gasteiger partial charge in [-0.1, -0.05) is 0 Å². The zero-order valence-electron chi connectivity index (χ0n) is 9.26. The molecule has 0 atom stereocenters. The number of aromatic nitrogens is 4. The third-order valence-corrected chi connectivity index (χ3v) is 2.28. The SMILES string of the molecule is COCCCCNc1nccn2cnnc12. The first-order valence-corrected chi connectivity index (χ1v) is 5.29. The van der Waals surface area contributed by atoms with Gasteiger partial charge in [-0.3, -0.25) is 4.40 Å². The number of rotatable bonds is 6. The largest absolute Gasteiger partial charge is 0.385 e. The van der Waals surface area contributed by atoms with Crippen molar-refractivity contribution in [1.29, 1.82) is 0 Å². The summed E-state index contributed by atoms with van der Waals surface area (Å²) in [6.07, 6.45) is 7.30. The van der Waals surface area contributed by atoms with E-state index in [0.717, 1.165) is 37.5 Å². The Balaban J connectivity index is 1.91. The van der Waals surface area contributed by atoms with E-state index >= 15 is 0 Å². The molecule has 0 aliphatic rings. The van der Waals surface area contributed by atoms with Crippen LogP contribution < -0.4 is 5.32 Å². The predicted molar refractivity (Wildman–Crippen MR) is 60.4 cm³/mol. The topological polar surface area (TPSA) is 64.3 Å². The third-order valence-electron chi connectivity index (χ3n) is 2.28.